The van der Waals surface area contributed by atoms with Gasteiger partial charge in [0.25, 0.3) is 0 Å². The molecule has 0 aliphatic carbocycles. The van der Waals surface area contributed by atoms with E-state index in [4.69, 9.17) is 4.74 Å². The molecule has 0 amide bonds. The summed E-state index contributed by atoms with van der Waals surface area (Å²) >= 11 is 0. The van der Waals surface area contributed by atoms with Gasteiger partial charge in [-0.15, -0.1) is 0 Å². The van der Waals surface area contributed by atoms with Crippen molar-refractivity contribution < 1.29 is 56.5 Å². The van der Waals surface area contributed by atoms with Crippen LogP contribution in [0.1, 0.15) is 19.8 Å². The van der Waals surface area contributed by atoms with E-state index in [2.05, 4.69) is 6.92 Å². The number of halogens is 12. The summed E-state index contributed by atoms with van der Waals surface area (Å²) in [5.41, 5.74) is 0. The van der Waals surface area contributed by atoms with Crippen molar-refractivity contribution in [3.63, 3.8) is 0 Å². The molecule has 0 aliphatic rings. The molecule has 22 heavy (non-hydrogen) atoms. The summed E-state index contributed by atoms with van der Waals surface area (Å²) in [7, 11) is -16.3. The van der Waals surface area contributed by atoms with Crippen molar-refractivity contribution in [3.8, 4) is 0 Å². The Kier molecular flexibility index (Phi) is 28.5. The van der Waals surface area contributed by atoms with Gasteiger partial charge in [0.05, 0.1) is 0 Å². The van der Waals surface area contributed by atoms with Gasteiger partial charge in [-0.1, -0.05) is 13.3 Å². The molecule has 136 valence electrons. The van der Waals surface area contributed by atoms with Crippen molar-refractivity contribution in [2.24, 2.45) is 0 Å². The number of ether oxygens (including phenoxy) is 1. The molecule has 0 aromatic rings. The van der Waals surface area contributed by atoms with Gasteiger partial charge in [0.15, 0.2) is 0 Å². The van der Waals surface area contributed by atoms with E-state index in [1.807, 2.05) is 0 Å². The molecule has 17 heteroatoms. The molecule has 0 spiro atoms. The van der Waals surface area contributed by atoms with E-state index in [-0.39, 0.29) is 51.4 Å². The van der Waals surface area contributed by atoms with Gasteiger partial charge in [-0.25, -0.2) is 0 Å². The fourth-order valence-electron chi connectivity index (χ4n) is 0.289. The van der Waals surface area contributed by atoms with Crippen LogP contribution in [0.15, 0.2) is 0 Å². The van der Waals surface area contributed by atoms with Crippen LogP contribution in [0.5, 0.6) is 0 Å². The van der Waals surface area contributed by atoms with Gasteiger partial charge < -0.3 is 56.5 Å². The molecule has 0 rings (SSSR count). The first-order chi connectivity index (χ1) is 8.91. The summed E-state index contributed by atoms with van der Waals surface area (Å²) in [6.07, 6.45) is 2.42. The maximum atomic E-state index is 9.75. The number of methoxy groups -OCH3 is 1. The molecule has 1 nitrogen and oxygen atoms in total. The summed E-state index contributed by atoms with van der Waals surface area (Å²) in [6.45, 7) is 3.07. The van der Waals surface area contributed by atoms with Crippen LogP contribution in [0.4, 0.5) is 51.8 Å². The third-order valence-electron chi connectivity index (χ3n) is 0.702. The first kappa shape index (κ1) is 34.3. The van der Waals surface area contributed by atoms with Gasteiger partial charge in [0, 0.05) is 13.7 Å². The molecule has 0 fully saturated rings. The van der Waals surface area contributed by atoms with E-state index >= 15 is 0 Å². The van der Waals surface area contributed by atoms with E-state index in [1.165, 1.54) is 12.8 Å². The van der Waals surface area contributed by atoms with Crippen molar-refractivity contribution in [2.75, 3.05) is 13.7 Å². The number of hydrogen-bond acceptors (Lipinski definition) is 1. The van der Waals surface area contributed by atoms with Crippen LogP contribution in [-0.4, -0.2) is 86.9 Å². The Bertz CT molecular complexity index is 156. The molecule has 0 saturated carbocycles. The topological polar surface area (TPSA) is 9.23 Å². The fraction of sp³-hybridized carbons (Fsp3) is 1.00. The minimum atomic E-state index is -6.00. The minimum absolute atomic E-state index is 0. The van der Waals surface area contributed by atoms with E-state index in [1.54, 1.807) is 7.11 Å². The third-order valence-corrected chi connectivity index (χ3v) is 0.702. The van der Waals surface area contributed by atoms with E-state index in [0.29, 0.717) is 0 Å². The molecule has 0 atom stereocenters. The van der Waals surface area contributed by atoms with Gasteiger partial charge in [0.2, 0.25) is 0 Å². The zero-order valence-corrected chi connectivity index (χ0v) is 10.8. The van der Waals surface area contributed by atoms with Gasteiger partial charge in [-0.3, -0.25) is 0 Å². The summed E-state index contributed by atoms with van der Waals surface area (Å²) < 4.78 is 122. The van der Waals surface area contributed by atoms with Crippen LogP contribution in [0.3, 0.4) is 0 Å². The number of unbranched alkanes of at least 4 members (excludes halogenated alkanes) is 1. The van der Waals surface area contributed by atoms with Crippen molar-refractivity contribution in [3.05, 3.63) is 0 Å². The normalized spacial score (nSPS) is 10.6. The van der Waals surface area contributed by atoms with Crippen molar-refractivity contribution in [1.82, 2.24) is 0 Å². The number of hydrogen-bond donors (Lipinski definition) is 0. The molecule has 0 aromatic heterocycles. The first-order valence-corrected chi connectivity index (χ1v) is 5.02. The second kappa shape index (κ2) is 18.3. The predicted octanol–water partition coefficient (Wildman–Crippen LogP) is 4.68. The Labute approximate surface area is 162 Å². The van der Waals surface area contributed by atoms with Crippen molar-refractivity contribution in [1.29, 1.82) is 0 Å². The molecule has 0 N–H and O–H groups in total. The first-order valence-electron chi connectivity index (χ1n) is 5.02. The summed E-state index contributed by atoms with van der Waals surface area (Å²) in [6, 6.07) is 0. The van der Waals surface area contributed by atoms with Gasteiger partial charge >= 0.3 is 73.1 Å². The Morgan fingerprint density at radius 2 is 0.818 bits per heavy atom. The zero-order valence-electron chi connectivity index (χ0n) is 10.8. The van der Waals surface area contributed by atoms with Crippen LogP contribution < -0.4 is 0 Å². The van der Waals surface area contributed by atoms with Gasteiger partial charge in [-0.05, 0) is 6.42 Å². The Morgan fingerprint density at radius 3 is 0.864 bits per heavy atom. The molecular weight excluding hydrogens is 376 g/mol. The molecule has 0 saturated heterocycles. The fourth-order valence-corrected chi connectivity index (χ4v) is 0.289. The zero-order chi connectivity index (χ0) is 18.3. The average molecular weight is 389 g/mol. The quantitative estimate of drug-likeness (QED) is 0.387. The molecule has 0 bridgehead atoms. The van der Waals surface area contributed by atoms with E-state index < -0.39 is 21.8 Å². The maximum absolute atomic E-state index is 9.75. The van der Waals surface area contributed by atoms with Crippen molar-refractivity contribution in [2.45, 2.75) is 19.8 Å². The van der Waals surface area contributed by atoms with Crippen LogP contribution in [0.2, 0.25) is 0 Å². The standard InChI is InChI=1S/C5H12O.3BF4.K.H/c1-3-4-5-6-2;3*2-1(3,4)5;;/h3-5H2,1-2H3;;;;;/q;3*-1;;. The molecular formula is C5H13B3F12KO-3. The second-order valence-electron chi connectivity index (χ2n) is 2.83. The number of rotatable bonds is 3. The third kappa shape index (κ3) is 534. The van der Waals surface area contributed by atoms with Crippen molar-refractivity contribution >= 4 is 73.1 Å². The molecule has 0 radical (unpaired) electrons. The molecule has 0 heterocycles. The molecule has 0 aromatic carbocycles. The van der Waals surface area contributed by atoms with Crippen LogP contribution in [-0.2, 0) is 4.74 Å². The van der Waals surface area contributed by atoms with Crippen LogP contribution in [0.25, 0.3) is 0 Å². The van der Waals surface area contributed by atoms with Crippen LogP contribution >= 0.6 is 0 Å². The van der Waals surface area contributed by atoms with E-state index in [9.17, 15) is 51.8 Å². The average Bonchev–Trinajstić information content (AvgIpc) is 2.06. The van der Waals surface area contributed by atoms with Gasteiger partial charge in [0.1, 0.15) is 0 Å². The SMILES string of the molecule is CCCCOC.F[B-](F)(F)F.F[B-](F)(F)F.F[B-](F)(F)F.[KH]. The summed E-state index contributed by atoms with van der Waals surface area (Å²) in [5.74, 6) is 0. The van der Waals surface area contributed by atoms with Gasteiger partial charge in [-0.2, -0.15) is 0 Å². The molecule has 0 aliphatic heterocycles. The summed E-state index contributed by atoms with van der Waals surface area (Å²) in [5, 5.41) is 0. The Hall–Kier alpha value is 0.951. The Morgan fingerprint density at radius 1 is 0.636 bits per heavy atom. The predicted molar refractivity (Wildman–Crippen MR) is 64.5 cm³/mol. The molecule has 0 unspecified atom stereocenters. The Balaban J connectivity index is -0.0000000577. The van der Waals surface area contributed by atoms with E-state index in [0.717, 1.165) is 6.61 Å². The monoisotopic (exact) mass is 389 g/mol. The summed E-state index contributed by atoms with van der Waals surface area (Å²) in [4.78, 5) is 0. The second-order valence-corrected chi connectivity index (χ2v) is 2.83. The van der Waals surface area contributed by atoms with Crippen LogP contribution in [0, 0.1) is 0 Å².